The van der Waals surface area contributed by atoms with Gasteiger partial charge in [-0.1, -0.05) is 12.2 Å². The van der Waals surface area contributed by atoms with Gasteiger partial charge in [-0.15, -0.1) is 12.6 Å². The van der Waals surface area contributed by atoms with Crippen molar-refractivity contribution >= 4 is 29.2 Å². The minimum atomic E-state index is 0.194. The van der Waals surface area contributed by atoms with Crippen LogP contribution in [0, 0.1) is 0 Å². The number of ether oxygens (including phenoxy) is 1. The Kier molecular flexibility index (Phi) is 4.22. The molecule has 0 bridgehead atoms. The van der Waals surface area contributed by atoms with Crippen molar-refractivity contribution in [1.29, 1.82) is 0 Å². The smallest absolute Gasteiger partial charge is 0.128 e. The van der Waals surface area contributed by atoms with Gasteiger partial charge in [0.1, 0.15) is 4.32 Å². The number of epoxide rings is 1. The standard InChI is InChI=1S/C3H6O.CH3NS2/c1-3-2-4-3;2-1(3)4/h3H,2H2,1H3;(H3,2,3,4). The fourth-order valence-electron chi connectivity index (χ4n) is 0.0962. The second kappa shape index (κ2) is 4.12. The molecule has 1 aliphatic rings. The zero-order valence-electron chi connectivity index (χ0n) is 4.63. The van der Waals surface area contributed by atoms with Crippen molar-refractivity contribution in [1.82, 2.24) is 0 Å². The van der Waals surface area contributed by atoms with Crippen molar-refractivity contribution in [2.45, 2.75) is 13.0 Å². The lowest BCUT2D eigenvalue weighted by molar-refractivity contribution is 0.423. The van der Waals surface area contributed by atoms with E-state index in [0.29, 0.717) is 6.10 Å². The fourth-order valence-corrected chi connectivity index (χ4v) is 0.0962. The maximum absolute atomic E-state index is 4.71. The molecule has 1 unspecified atom stereocenters. The Bertz CT molecular complexity index is 78.1. The molecule has 0 aromatic rings. The summed E-state index contributed by atoms with van der Waals surface area (Å²) in [6, 6.07) is 0. The van der Waals surface area contributed by atoms with Gasteiger partial charge in [0, 0.05) is 0 Å². The molecule has 0 radical (unpaired) electrons. The van der Waals surface area contributed by atoms with Crippen LogP contribution in [0.25, 0.3) is 0 Å². The second-order valence-electron chi connectivity index (χ2n) is 1.48. The van der Waals surface area contributed by atoms with Crippen LogP contribution in [0.1, 0.15) is 6.92 Å². The molecule has 1 heterocycles. The molecule has 0 saturated carbocycles. The van der Waals surface area contributed by atoms with E-state index in [1.165, 1.54) is 0 Å². The molecule has 1 aliphatic heterocycles. The molecule has 1 fully saturated rings. The van der Waals surface area contributed by atoms with Crippen LogP contribution in [-0.2, 0) is 4.74 Å². The Morgan fingerprint density at radius 3 is 2.12 bits per heavy atom. The summed E-state index contributed by atoms with van der Waals surface area (Å²) < 4.78 is 4.90. The summed E-state index contributed by atoms with van der Waals surface area (Å²) in [6.45, 7) is 3.04. The predicted octanol–water partition coefficient (Wildman–Crippen LogP) is 0.565. The van der Waals surface area contributed by atoms with Gasteiger partial charge in [-0.3, -0.25) is 0 Å². The normalized spacial score (nSPS) is 23.0. The lowest BCUT2D eigenvalue weighted by Crippen LogP contribution is -1.94. The van der Waals surface area contributed by atoms with E-state index in [1.54, 1.807) is 0 Å². The van der Waals surface area contributed by atoms with Crippen LogP contribution in [0.5, 0.6) is 0 Å². The second-order valence-corrected chi connectivity index (χ2v) is 2.71. The molecule has 8 heavy (non-hydrogen) atoms. The maximum Gasteiger partial charge on any atom is 0.128 e. The van der Waals surface area contributed by atoms with Crippen LogP contribution in [0.3, 0.4) is 0 Å². The van der Waals surface area contributed by atoms with Gasteiger partial charge in [-0.2, -0.15) is 0 Å². The minimum Gasteiger partial charge on any atom is -0.385 e. The van der Waals surface area contributed by atoms with Crippen molar-refractivity contribution in [2.24, 2.45) is 5.73 Å². The number of hydrogen-bond acceptors (Lipinski definition) is 2. The molecule has 4 heteroatoms. The minimum absolute atomic E-state index is 0.194. The van der Waals surface area contributed by atoms with Crippen LogP contribution in [-0.4, -0.2) is 17.0 Å². The Morgan fingerprint density at radius 1 is 2.00 bits per heavy atom. The third-order valence-electron chi connectivity index (χ3n) is 0.500. The summed E-state index contributed by atoms with van der Waals surface area (Å²) in [7, 11) is 0. The Balaban J connectivity index is 0.000000122. The molecular formula is C4H9NOS2. The molecule has 2 N–H and O–H groups in total. The number of rotatable bonds is 0. The highest BCUT2D eigenvalue weighted by atomic mass is 32.1. The highest BCUT2D eigenvalue weighted by molar-refractivity contribution is 8.10. The first-order chi connectivity index (χ1) is 3.63. The van der Waals surface area contributed by atoms with Crippen LogP contribution in [0.15, 0.2) is 0 Å². The van der Waals surface area contributed by atoms with Gasteiger partial charge in [0.2, 0.25) is 0 Å². The molecule has 1 rings (SSSR count). The molecule has 0 aromatic heterocycles. The number of hydrogen-bond donors (Lipinski definition) is 2. The van der Waals surface area contributed by atoms with E-state index in [9.17, 15) is 0 Å². The van der Waals surface area contributed by atoms with Gasteiger partial charge in [0.15, 0.2) is 0 Å². The lowest BCUT2D eigenvalue weighted by Gasteiger charge is -1.64. The van der Waals surface area contributed by atoms with Crippen LogP contribution >= 0.6 is 24.8 Å². The van der Waals surface area contributed by atoms with Gasteiger partial charge < -0.3 is 10.5 Å². The van der Waals surface area contributed by atoms with E-state index < -0.39 is 0 Å². The molecule has 0 spiro atoms. The molecule has 0 amide bonds. The van der Waals surface area contributed by atoms with Gasteiger partial charge in [-0.25, -0.2) is 0 Å². The van der Waals surface area contributed by atoms with E-state index in [4.69, 9.17) is 10.5 Å². The topological polar surface area (TPSA) is 38.5 Å². The number of thiocarbonyl (C=S) groups is 1. The average Bonchev–Trinajstić information content (AvgIpc) is 2.19. The van der Waals surface area contributed by atoms with E-state index in [2.05, 4.69) is 31.8 Å². The van der Waals surface area contributed by atoms with Crippen molar-refractivity contribution in [3.8, 4) is 0 Å². The molecule has 0 aliphatic carbocycles. The molecule has 48 valence electrons. The highest BCUT2D eigenvalue weighted by Crippen LogP contribution is 2.04. The van der Waals surface area contributed by atoms with Crippen LogP contribution in [0.4, 0.5) is 0 Å². The Hall–Kier alpha value is 0.200. The third kappa shape index (κ3) is 16.4. The van der Waals surface area contributed by atoms with Crippen molar-refractivity contribution in [3.05, 3.63) is 0 Å². The average molecular weight is 151 g/mol. The molecular weight excluding hydrogens is 142 g/mol. The van der Waals surface area contributed by atoms with Gasteiger partial charge in [0.05, 0.1) is 12.7 Å². The Morgan fingerprint density at radius 2 is 2.12 bits per heavy atom. The summed E-state index contributed by atoms with van der Waals surface area (Å²) in [5.74, 6) is 0. The van der Waals surface area contributed by atoms with Crippen LogP contribution in [0.2, 0.25) is 0 Å². The molecule has 1 atom stereocenters. The quantitative estimate of drug-likeness (QED) is 0.302. The fraction of sp³-hybridized carbons (Fsp3) is 0.750. The zero-order valence-corrected chi connectivity index (χ0v) is 6.34. The van der Waals surface area contributed by atoms with Crippen molar-refractivity contribution in [3.63, 3.8) is 0 Å². The van der Waals surface area contributed by atoms with Crippen LogP contribution < -0.4 is 5.73 Å². The largest absolute Gasteiger partial charge is 0.385 e. The van der Waals surface area contributed by atoms with Gasteiger partial charge in [0.25, 0.3) is 0 Å². The summed E-state index contributed by atoms with van der Waals surface area (Å²) in [5.41, 5.74) is 4.71. The summed E-state index contributed by atoms with van der Waals surface area (Å²) in [5, 5.41) is 0. The summed E-state index contributed by atoms with van der Waals surface area (Å²) in [4.78, 5) is 0. The first-order valence-electron chi connectivity index (χ1n) is 2.23. The molecule has 2 nitrogen and oxygen atoms in total. The third-order valence-corrected chi connectivity index (χ3v) is 0.500. The first-order valence-corrected chi connectivity index (χ1v) is 3.08. The molecule has 1 saturated heterocycles. The number of thiol groups is 1. The molecule has 0 aromatic carbocycles. The van der Waals surface area contributed by atoms with Gasteiger partial charge in [-0.05, 0) is 6.92 Å². The van der Waals surface area contributed by atoms with E-state index >= 15 is 0 Å². The highest BCUT2D eigenvalue weighted by Gasteiger charge is 2.13. The van der Waals surface area contributed by atoms with E-state index in [1.807, 2.05) is 0 Å². The van der Waals surface area contributed by atoms with Crippen molar-refractivity contribution in [2.75, 3.05) is 6.61 Å². The van der Waals surface area contributed by atoms with E-state index in [-0.39, 0.29) is 4.32 Å². The SMILES string of the molecule is CC1CO1.NC(=S)S. The summed E-state index contributed by atoms with van der Waals surface area (Å²) >= 11 is 7.65. The van der Waals surface area contributed by atoms with Crippen molar-refractivity contribution < 1.29 is 4.74 Å². The summed E-state index contributed by atoms with van der Waals surface area (Å²) in [6.07, 6.45) is 0.583. The van der Waals surface area contributed by atoms with Gasteiger partial charge >= 0.3 is 0 Å². The maximum atomic E-state index is 4.71. The first kappa shape index (κ1) is 8.20. The number of nitrogens with two attached hydrogens (primary N) is 1. The monoisotopic (exact) mass is 151 g/mol. The predicted molar refractivity (Wildman–Crippen MR) is 41.2 cm³/mol. The zero-order chi connectivity index (χ0) is 6.57. The lowest BCUT2D eigenvalue weighted by atomic mass is 10.6. The van der Waals surface area contributed by atoms with E-state index in [0.717, 1.165) is 6.61 Å². The Labute approximate surface area is 59.8 Å².